The van der Waals surface area contributed by atoms with Crippen LogP contribution in [0.25, 0.3) is 0 Å². The Morgan fingerprint density at radius 2 is 1.93 bits per heavy atom. The lowest BCUT2D eigenvalue weighted by molar-refractivity contribution is -0.121. The summed E-state index contributed by atoms with van der Waals surface area (Å²) in [4.78, 5) is 24.3. The number of aryl methyl sites for hydroxylation is 1. The second-order valence-corrected chi connectivity index (χ2v) is 9.81. The van der Waals surface area contributed by atoms with Gasteiger partial charge in [0.1, 0.15) is 4.90 Å². The van der Waals surface area contributed by atoms with Crippen molar-refractivity contribution in [3.8, 4) is 0 Å². The Morgan fingerprint density at radius 1 is 1.14 bits per heavy atom. The Morgan fingerprint density at radius 3 is 2.69 bits per heavy atom. The number of benzene rings is 2. The van der Waals surface area contributed by atoms with E-state index in [1.54, 1.807) is 23.9 Å². The highest BCUT2D eigenvalue weighted by Gasteiger charge is 2.40. The van der Waals surface area contributed by atoms with Crippen LogP contribution in [0.15, 0.2) is 53.4 Å². The molecular formula is C21H24N2O4S2. The van der Waals surface area contributed by atoms with E-state index in [1.165, 1.54) is 23.3 Å². The van der Waals surface area contributed by atoms with E-state index >= 15 is 0 Å². The lowest BCUT2D eigenvalue weighted by Crippen LogP contribution is -2.32. The van der Waals surface area contributed by atoms with Crippen molar-refractivity contribution in [1.82, 2.24) is 9.62 Å². The standard InChI is InChI=1S/C21H24N2O4S2/c1-16-6-4-7-17(14-16)15-28-13-11-22-20(24)10-5-12-23-21(25)18-8-2-3-9-19(18)29(23,26)27/h2-4,6-9,14H,5,10-13,15H2,1H3,(H,22,24). The SMILES string of the molecule is Cc1cccc(CSCCNC(=O)CCCN2C(=O)c3ccccc3S2(=O)=O)c1. The van der Waals surface area contributed by atoms with Gasteiger partial charge < -0.3 is 5.32 Å². The van der Waals surface area contributed by atoms with Crippen LogP contribution in [-0.4, -0.2) is 43.4 Å². The first kappa shape index (κ1) is 21.4. The molecule has 2 aromatic carbocycles. The van der Waals surface area contributed by atoms with Gasteiger partial charge in [0, 0.05) is 31.0 Å². The number of carbonyl (C=O) groups is 2. The average Bonchev–Trinajstić information content (AvgIpc) is 2.89. The van der Waals surface area contributed by atoms with Crippen LogP contribution in [0, 0.1) is 6.92 Å². The maximum Gasteiger partial charge on any atom is 0.269 e. The molecule has 1 N–H and O–H groups in total. The minimum absolute atomic E-state index is 0.00533. The fourth-order valence-corrected chi connectivity index (χ4v) is 5.59. The van der Waals surface area contributed by atoms with E-state index < -0.39 is 15.9 Å². The molecule has 2 amide bonds. The van der Waals surface area contributed by atoms with Gasteiger partial charge in [-0.15, -0.1) is 0 Å². The van der Waals surface area contributed by atoms with Crippen molar-refractivity contribution in [3.63, 3.8) is 0 Å². The van der Waals surface area contributed by atoms with Crippen LogP contribution in [0.3, 0.4) is 0 Å². The Kier molecular flexibility index (Phi) is 6.97. The van der Waals surface area contributed by atoms with E-state index in [2.05, 4.69) is 30.4 Å². The summed E-state index contributed by atoms with van der Waals surface area (Å²) in [5, 5.41) is 2.84. The number of hydrogen-bond acceptors (Lipinski definition) is 5. The summed E-state index contributed by atoms with van der Waals surface area (Å²) < 4.78 is 25.8. The largest absolute Gasteiger partial charge is 0.355 e. The molecule has 154 valence electrons. The third-order valence-electron chi connectivity index (χ3n) is 4.60. The van der Waals surface area contributed by atoms with Crippen LogP contribution >= 0.6 is 11.8 Å². The van der Waals surface area contributed by atoms with E-state index in [-0.39, 0.29) is 29.3 Å². The normalized spacial score (nSPS) is 14.7. The van der Waals surface area contributed by atoms with Crippen molar-refractivity contribution in [2.45, 2.75) is 30.4 Å². The molecule has 0 bridgehead atoms. The number of thioether (sulfide) groups is 1. The lowest BCUT2D eigenvalue weighted by atomic mass is 10.2. The van der Waals surface area contributed by atoms with Crippen LogP contribution in [-0.2, 0) is 20.6 Å². The number of rotatable bonds is 9. The molecule has 3 rings (SSSR count). The van der Waals surface area contributed by atoms with Crippen molar-refractivity contribution in [2.75, 3.05) is 18.8 Å². The molecular weight excluding hydrogens is 408 g/mol. The highest BCUT2D eigenvalue weighted by molar-refractivity contribution is 7.98. The predicted octanol–water partition coefficient (Wildman–Crippen LogP) is 2.97. The van der Waals surface area contributed by atoms with Gasteiger partial charge >= 0.3 is 0 Å². The summed E-state index contributed by atoms with van der Waals surface area (Å²) in [6.07, 6.45) is 0.472. The minimum atomic E-state index is -3.80. The van der Waals surface area contributed by atoms with Gasteiger partial charge in [0.15, 0.2) is 0 Å². The van der Waals surface area contributed by atoms with Gasteiger partial charge in [0.05, 0.1) is 5.56 Å². The van der Waals surface area contributed by atoms with Crippen molar-refractivity contribution in [2.24, 2.45) is 0 Å². The summed E-state index contributed by atoms with van der Waals surface area (Å²) in [6.45, 7) is 2.63. The molecule has 0 atom stereocenters. The van der Waals surface area contributed by atoms with Gasteiger partial charge in [-0.1, -0.05) is 42.0 Å². The van der Waals surface area contributed by atoms with E-state index in [4.69, 9.17) is 0 Å². The van der Waals surface area contributed by atoms with E-state index in [0.717, 1.165) is 15.8 Å². The van der Waals surface area contributed by atoms with E-state index in [1.807, 2.05) is 6.07 Å². The van der Waals surface area contributed by atoms with Gasteiger partial charge in [0.2, 0.25) is 5.91 Å². The number of nitrogens with one attached hydrogen (secondary N) is 1. The van der Waals surface area contributed by atoms with Crippen LogP contribution in [0.5, 0.6) is 0 Å². The van der Waals surface area contributed by atoms with Crippen LogP contribution in [0.4, 0.5) is 0 Å². The minimum Gasteiger partial charge on any atom is -0.355 e. The first-order valence-electron chi connectivity index (χ1n) is 9.45. The van der Waals surface area contributed by atoms with E-state index in [9.17, 15) is 18.0 Å². The Labute approximate surface area is 175 Å². The zero-order valence-electron chi connectivity index (χ0n) is 16.3. The van der Waals surface area contributed by atoms with Crippen LogP contribution in [0.1, 0.15) is 34.3 Å². The Hall–Kier alpha value is -2.32. The maximum absolute atomic E-state index is 12.5. The number of hydrogen-bond donors (Lipinski definition) is 1. The van der Waals surface area contributed by atoms with Crippen LogP contribution in [0.2, 0.25) is 0 Å². The summed E-state index contributed by atoms with van der Waals surface area (Å²) in [7, 11) is -3.80. The van der Waals surface area contributed by atoms with Gasteiger partial charge in [-0.2, -0.15) is 11.8 Å². The second-order valence-electron chi connectivity index (χ2n) is 6.87. The molecule has 8 heteroatoms. The molecule has 2 aromatic rings. The molecule has 6 nitrogen and oxygen atoms in total. The van der Waals surface area contributed by atoms with Crippen molar-refractivity contribution in [3.05, 3.63) is 65.2 Å². The van der Waals surface area contributed by atoms with Gasteiger partial charge in [-0.25, -0.2) is 12.7 Å². The number of carbonyl (C=O) groups excluding carboxylic acids is 2. The molecule has 0 spiro atoms. The van der Waals surface area contributed by atoms with Crippen molar-refractivity contribution in [1.29, 1.82) is 0 Å². The van der Waals surface area contributed by atoms with Crippen molar-refractivity contribution < 1.29 is 18.0 Å². The van der Waals surface area contributed by atoms with Crippen molar-refractivity contribution >= 4 is 33.6 Å². The molecule has 1 heterocycles. The molecule has 0 radical (unpaired) electrons. The molecule has 1 aliphatic heterocycles. The highest BCUT2D eigenvalue weighted by Crippen LogP contribution is 2.29. The quantitative estimate of drug-likeness (QED) is 0.616. The third kappa shape index (κ3) is 5.19. The maximum atomic E-state index is 12.5. The zero-order valence-corrected chi connectivity index (χ0v) is 17.9. The monoisotopic (exact) mass is 432 g/mol. The van der Waals surface area contributed by atoms with E-state index in [0.29, 0.717) is 13.0 Å². The number of amides is 2. The average molecular weight is 433 g/mol. The topological polar surface area (TPSA) is 83.6 Å². The fourth-order valence-electron chi connectivity index (χ4n) is 3.18. The predicted molar refractivity (Wildman–Crippen MR) is 114 cm³/mol. The molecule has 0 unspecified atom stereocenters. The molecule has 29 heavy (non-hydrogen) atoms. The summed E-state index contributed by atoms with van der Waals surface area (Å²) in [6, 6.07) is 14.5. The second kappa shape index (κ2) is 9.45. The summed E-state index contributed by atoms with van der Waals surface area (Å²) in [5.41, 5.74) is 2.69. The molecule has 0 aromatic heterocycles. The molecule has 0 fully saturated rings. The van der Waals surface area contributed by atoms with Gasteiger partial charge in [-0.05, 0) is 31.0 Å². The zero-order chi connectivity index (χ0) is 20.9. The Balaban J connectivity index is 1.36. The highest BCUT2D eigenvalue weighted by atomic mass is 32.2. The summed E-state index contributed by atoms with van der Waals surface area (Å²) >= 11 is 1.75. The third-order valence-corrected chi connectivity index (χ3v) is 7.47. The van der Waals surface area contributed by atoms with Crippen LogP contribution < -0.4 is 5.32 Å². The number of sulfonamides is 1. The Bertz CT molecular complexity index is 1010. The first-order valence-corrected chi connectivity index (χ1v) is 12.0. The number of fused-ring (bicyclic) bond motifs is 1. The summed E-state index contributed by atoms with van der Waals surface area (Å²) in [5.74, 6) is 1.04. The molecule has 0 saturated carbocycles. The molecule has 0 saturated heterocycles. The first-order chi connectivity index (χ1) is 13.9. The molecule has 1 aliphatic rings. The molecule has 0 aliphatic carbocycles. The van der Waals surface area contributed by atoms with Gasteiger partial charge in [-0.3, -0.25) is 9.59 Å². The fraction of sp³-hybridized carbons (Fsp3) is 0.333. The van der Waals surface area contributed by atoms with Gasteiger partial charge in [0.25, 0.3) is 15.9 Å². The smallest absolute Gasteiger partial charge is 0.269 e. The lowest BCUT2D eigenvalue weighted by Gasteiger charge is -2.14. The number of nitrogens with zero attached hydrogens (tertiary/aromatic N) is 1.